The fraction of sp³-hybridized carbons (Fsp3) is 0.733. The fourth-order valence-corrected chi connectivity index (χ4v) is 21.4. The Balaban J connectivity index is 2.45. The summed E-state index contributed by atoms with van der Waals surface area (Å²) in [5.74, 6) is 1.72. The molecule has 2 aromatic heterocycles. The van der Waals surface area contributed by atoms with Crippen LogP contribution in [0.3, 0.4) is 0 Å². The molecular weight excluding hydrogens is 662 g/mol. The Morgan fingerprint density at radius 2 is 0.971 bits per heavy atom. The van der Waals surface area contributed by atoms with Crippen molar-refractivity contribution in [2.75, 3.05) is 0 Å². The summed E-state index contributed by atoms with van der Waals surface area (Å²) in [4.78, 5) is 18.9. The molecule has 0 aliphatic heterocycles. The van der Waals surface area contributed by atoms with Crippen molar-refractivity contribution in [2.24, 2.45) is 11.8 Å². The summed E-state index contributed by atoms with van der Waals surface area (Å²) < 4.78 is 3.67. The first-order valence-corrected chi connectivity index (χ1v) is 35.8. The van der Waals surface area contributed by atoms with E-state index in [-0.39, 0.29) is 0 Å². The van der Waals surface area contributed by atoms with Crippen LogP contribution in [0.2, 0.25) is 29.6 Å². The van der Waals surface area contributed by atoms with Crippen LogP contribution < -0.4 is 5.79 Å². The van der Waals surface area contributed by atoms with E-state index in [1.165, 1.54) is 64.2 Å². The van der Waals surface area contributed by atoms with E-state index in [0.717, 1.165) is 11.8 Å². The van der Waals surface area contributed by atoms with Crippen LogP contribution in [-0.4, -0.2) is 36.8 Å². The SMILES string of the molecule is CCCCC(CC)Cc1cc(-c2cc(CC(CC)CCCC)[c]([Sn]([CH3])([CH3])[CH3])s2)s[c]1[Sn]([CH3])([CH3])[CH3]. The van der Waals surface area contributed by atoms with Gasteiger partial charge in [0.25, 0.3) is 0 Å². The first-order valence-electron chi connectivity index (χ1n) is 14.2. The van der Waals surface area contributed by atoms with Crippen LogP contribution in [0.1, 0.15) is 90.2 Å². The van der Waals surface area contributed by atoms with Crippen molar-refractivity contribution in [2.45, 2.75) is 122 Å². The zero-order valence-electron chi connectivity index (χ0n) is 24.2. The van der Waals surface area contributed by atoms with Gasteiger partial charge in [-0.1, -0.05) is 0 Å². The quantitative estimate of drug-likeness (QED) is 0.161. The van der Waals surface area contributed by atoms with Gasteiger partial charge in [0.1, 0.15) is 0 Å². The molecule has 2 aromatic rings. The van der Waals surface area contributed by atoms with Crippen LogP contribution in [0, 0.1) is 11.8 Å². The molecule has 34 heavy (non-hydrogen) atoms. The second-order valence-corrected chi connectivity index (χ2v) is 45.4. The molecule has 0 spiro atoms. The molecule has 0 saturated heterocycles. The van der Waals surface area contributed by atoms with Crippen LogP contribution >= 0.6 is 22.7 Å². The van der Waals surface area contributed by atoms with E-state index in [9.17, 15) is 0 Å². The van der Waals surface area contributed by atoms with Gasteiger partial charge in [-0.3, -0.25) is 0 Å². The number of hydrogen-bond acceptors (Lipinski definition) is 2. The van der Waals surface area contributed by atoms with Crippen molar-refractivity contribution < 1.29 is 0 Å². The van der Waals surface area contributed by atoms with E-state index < -0.39 is 36.8 Å². The molecule has 0 nitrogen and oxygen atoms in total. The third-order valence-electron chi connectivity index (χ3n) is 7.33. The van der Waals surface area contributed by atoms with Crippen molar-refractivity contribution in [3.63, 3.8) is 0 Å². The van der Waals surface area contributed by atoms with E-state index in [0.29, 0.717) is 0 Å². The van der Waals surface area contributed by atoms with Crippen molar-refractivity contribution in [3.05, 3.63) is 23.3 Å². The average molecular weight is 716 g/mol. The molecule has 0 N–H and O–H groups in total. The molecule has 2 atom stereocenters. The average Bonchev–Trinajstić information content (AvgIpc) is 3.38. The topological polar surface area (TPSA) is 0 Å². The monoisotopic (exact) mass is 718 g/mol. The summed E-state index contributed by atoms with van der Waals surface area (Å²) in [6.07, 6.45) is 13.5. The van der Waals surface area contributed by atoms with Crippen molar-refractivity contribution in [1.82, 2.24) is 0 Å². The number of unbranched alkanes of at least 4 members (excludes halogenated alkanes) is 2. The van der Waals surface area contributed by atoms with Gasteiger partial charge in [0, 0.05) is 0 Å². The molecule has 4 heteroatoms. The molecule has 2 heterocycles. The van der Waals surface area contributed by atoms with Gasteiger partial charge in [-0.15, -0.1) is 0 Å². The molecule has 0 radical (unpaired) electrons. The molecule has 0 amide bonds. The molecule has 2 rings (SSSR count). The molecule has 0 saturated carbocycles. The van der Waals surface area contributed by atoms with Crippen LogP contribution in [0.15, 0.2) is 12.1 Å². The predicted molar refractivity (Wildman–Crippen MR) is 168 cm³/mol. The number of hydrogen-bond donors (Lipinski definition) is 0. The van der Waals surface area contributed by atoms with Gasteiger partial charge in [0.15, 0.2) is 0 Å². The first kappa shape index (κ1) is 31.2. The third kappa shape index (κ3) is 9.08. The van der Waals surface area contributed by atoms with Crippen LogP contribution in [-0.2, 0) is 12.8 Å². The third-order valence-corrected chi connectivity index (χ3v) is 29.1. The Labute approximate surface area is 229 Å². The van der Waals surface area contributed by atoms with E-state index in [2.05, 4.69) is 92.1 Å². The second kappa shape index (κ2) is 14.2. The van der Waals surface area contributed by atoms with Crippen molar-refractivity contribution in [3.8, 4) is 9.75 Å². The van der Waals surface area contributed by atoms with Gasteiger partial charge in [-0.2, -0.15) is 0 Å². The molecule has 2 unspecified atom stereocenters. The van der Waals surface area contributed by atoms with Gasteiger partial charge in [0.05, 0.1) is 0 Å². The Morgan fingerprint density at radius 3 is 1.24 bits per heavy atom. The zero-order chi connectivity index (χ0) is 25.5. The molecule has 0 aliphatic carbocycles. The van der Waals surface area contributed by atoms with Gasteiger partial charge < -0.3 is 0 Å². The van der Waals surface area contributed by atoms with Gasteiger partial charge in [-0.25, -0.2) is 0 Å². The molecule has 0 fully saturated rings. The number of rotatable bonds is 15. The van der Waals surface area contributed by atoms with Gasteiger partial charge >= 0.3 is 232 Å². The standard InChI is InChI=1S/C24H36S2.6CH3.2Sn/c1-5-9-11-19(7-3)13-21-15-23(25-17-21)24-16-22(18-26-24)14-20(8-4)12-10-6-2;;;;;;;;/h15-16,19-20H,5-14H2,1-4H3;6*1H3;;. The van der Waals surface area contributed by atoms with Gasteiger partial charge in [0.2, 0.25) is 0 Å². The summed E-state index contributed by atoms with van der Waals surface area (Å²) in [5.41, 5.74) is 3.47. The molecule has 0 bridgehead atoms. The Morgan fingerprint density at radius 1 is 0.618 bits per heavy atom. The van der Waals surface area contributed by atoms with Crippen molar-refractivity contribution >= 4 is 65.2 Å². The first-order chi connectivity index (χ1) is 15.9. The zero-order valence-corrected chi connectivity index (χ0v) is 31.5. The van der Waals surface area contributed by atoms with E-state index in [1.807, 2.05) is 5.79 Å². The van der Waals surface area contributed by atoms with Crippen molar-refractivity contribution in [1.29, 1.82) is 0 Å². The Kier molecular flexibility index (Phi) is 13.1. The van der Waals surface area contributed by atoms with Crippen LogP contribution in [0.25, 0.3) is 9.75 Å². The fourth-order valence-electron chi connectivity index (χ4n) is 5.18. The molecule has 0 aliphatic rings. The Bertz CT molecular complexity index is 791. The maximum atomic E-state index is 2.66. The summed E-state index contributed by atoms with van der Waals surface area (Å²) in [7, 11) is 0. The number of thiophene rings is 2. The minimum absolute atomic E-state index is 0.860. The van der Waals surface area contributed by atoms with Crippen LogP contribution in [0.5, 0.6) is 0 Å². The Hall–Kier alpha value is 0.997. The second-order valence-electron chi connectivity index (χ2n) is 12.7. The predicted octanol–water partition coefficient (Wildman–Crippen LogP) is 10.1. The normalized spacial score (nSPS) is 14.5. The summed E-state index contributed by atoms with van der Waals surface area (Å²) in [5, 5.41) is 0. The maximum absolute atomic E-state index is 2.66. The summed E-state index contributed by atoms with van der Waals surface area (Å²) >= 11 is 0.0626. The molecule has 0 aromatic carbocycles. The van der Waals surface area contributed by atoms with Crippen LogP contribution in [0.4, 0.5) is 0 Å². The summed E-state index contributed by atoms with van der Waals surface area (Å²) in [6, 6.07) is 5.31. The molecule has 194 valence electrons. The van der Waals surface area contributed by atoms with Gasteiger partial charge in [-0.05, 0) is 0 Å². The van der Waals surface area contributed by atoms with E-state index in [4.69, 9.17) is 0 Å². The van der Waals surface area contributed by atoms with E-state index >= 15 is 0 Å². The minimum atomic E-state index is -2.16. The summed E-state index contributed by atoms with van der Waals surface area (Å²) in [6.45, 7) is 9.49. The van der Waals surface area contributed by atoms with E-state index in [1.54, 1.807) is 20.9 Å². The molecular formula is C30H54S2Sn2.